The second kappa shape index (κ2) is 7.49. The highest BCUT2D eigenvalue weighted by atomic mass is 32.2. The molecule has 0 aliphatic rings. The van der Waals surface area contributed by atoms with Gasteiger partial charge in [-0.15, -0.1) is 0 Å². The molecule has 1 unspecified atom stereocenters. The quantitative estimate of drug-likeness (QED) is 0.793. The summed E-state index contributed by atoms with van der Waals surface area (Å²) in [7, 11) is -1.89. The summed E-state index contributed by atoms with van der Waals surface area (Å²) in [6, 6.07) is 1.51. The highest BCUT2D eigenvalue weighted by Crippen LogP contribution is 2.21. The van der Waals surface area contributed by atoms with E-state index in [0.717, 1.165) is 12.2 Å². The van der Waals surface area contributed by atoms with Crippen LogP contribution in [-0.4, -0.2) is 47.5 Å². The summed E-state index contributed by atoms with van der Waals surface area (Å²) in [4.78, 5) is 0.252. The van der Waals surface area contributed by atoms with Crippen molar-refractivity contribution in [2.24, 2.45) is 0 Å². The normalized spacial score (nSPS) is 13.9. The first-order valence-corrected chi connectivity index (χ1v) is 9.48. The van der Waals surface area contributed by atoms with Crippen molar-refractivity contribution in [1.82, 2.24) is 8.87 Å². The number of sulfonamides is 1. The van der Waals surface area contributed by atoms with Crippen LogP contribution in [-0.2, 0) is 23.2 Å². The number of aromatic nitrogens is 1. The maximum Gasteiger partial charge on any atom is 0.244 e. The van der Waals surface area contributed by atoms with Crippen LogP contribution in [0.1, 0.15) is 26.0 Å². The Morgan fingerprint density at radius 3 is 2.60 bits per heavy atom. The van der Waals surface area contributed by atoms with Gasteiger partial charge in [-0.2, -0.15) is 16.1 Å². The van der Waals surface area contributed by atoms with Gasteiger partial charge in [-0.3, -0.25) is 0 Å². The molecule has 0 fully saturated rings. The predicted molar refractivity (Wildman–Crippen MR) is 83.4 cm³/mol. The van der Waals surface area contributed by atoms with E-state index in [4.69, 9.17) is 0 Å². The second-order valence-electron chi connectivity index (χ2n) is 4.76. The average molecular weight is 320 g/mol. The molecule has 1 heterocycles. The number of aryl methyl sites for hydroxylation is 1. The molecule has 0 aromatic carbocycles. The molecule has 1 atom stereocenters. The van der Waals surface area contributed by atoms with Crippen LogP contribution < -0.4 is 0 Å². The standard InChI is InChI=1S/C13H24N2O3S2/c1-5-15-9-13(8-12(15)10-16)20(17,18)14(3)11(2)6-7-19-4/h8-9,11,16H,5-7,10H2,1-4H3. The van der Waals surface area contributed by atoms with E-state index in [1.165, 1.54) is 4.31 Å². The van der Waals surface area contributed by atoms with Gasteiger partial charge in [0.2, 0.25) is 10.0 Å². The second-order valence-corrected chi connectivity index (χ2v) is 7.75. The molecule has 0 saturated carbocycles. The van der Waals surface area contributed by atoms with Crippen LogP contribution in [0.2, 0.25) is 0 Å². The van der Waals surface area contributed by atoms with Gasteiger partial charge in [-0.1, -0.05) is 0 Å². The molecule has 5 nitrogen and oxygen atoms in total. The van der Waals surface area contributed by atoms with Crippen molar-refractivity contribution in [3.8, 4) is 0 Å². The van der Waals surface area contributed by atoms with E-state index in [9.17, 15) is 13.5 Å². The van der Waals surface area contributed by atoms with Crippen molar-refractivity contribution in [2.45, 2.75) is 44.4 Å². The van der Waals surface area contributed by atoms with Crippen molar-refractivity contribution in [2.75, 3.05) is 19.1 Å². The molecule has 116 valence electrons. The minimum absolute atomic E-state index is 0.0463. The Kier molecular flexibility index (Phi) is 6.57. The summed E-state index contributed by atoms with van der Waals surface area (Å²) < 4.78 is 28.3. The molecule has 20 heavy (non-hydrogen) atoms. The molecule has 1 N–H and O–H groups in total. The van der Waals surface area contributed by atoms with Gasteiger partial charge < -0.3 is 9.67 Å². The fourth-order valence-corrected chi connectivity index (χ4v) is 4.00. The predicted octanol–water partition coefficient (Wildman–Crippen LogP) is 1.76. The molecule has 0 radical (unpaired) electrons. The molecular weight excluding hydrogens is 296 g/mol. The van der Waals surface area contributed by atoms with Gasteiger partial charge in [-0.05, 0) is 38.3 Å². The van der Waals surface area contributed by atoms with Crippen molar-refractivity contribution in [3.05, 3.63) is 18.0 Å². The summed E-state index contributed by atoms with van der Waals surface area (Å²) >= 11 is 1.71. The Labute approximate surface area is 126 Å². The van der Waals surface area contributed by atoms with Gasteiger partial charge in [0.25, 0.3) is 0 Å². The Morgan fingerprint density at radius 1 is 1.50 bits per heavy atom. The molecule has 0 aliphatic heterocycles. The van der Waals surface area contributed by atoms with Crippen LogP contribution in [0, 0.1) is 0 Å². The minimum atomic E-state index is -3.50. The molecule has 7 heteroatoms. The van der Waals surface area contributed by atoms with Gasteiger partial charge in [0.1, 0.15) is 4.90 Å². The van der Waals surface area contributed by atoms with Crippen LogP contribution >= 0.6 is 11.8 Å². The van der Waals surface area contributed by atoms with Gasteiger partial charge in [0, 0.05) is 31.5 Å². The molecular formula is C13H24N2O3S2. The van der Waals surface area contributed by atoms with E-state index in [1.807, 2.05) is 20.1 Å². The number of hydrogen-bond acceptors (Lipinski definition) is 4. The Hall–Kier alpha value is -0.500. The highest BCUT2D eigenvalue weighted by Gasteiger charge is 2.26. The topological polar surface area (TPSA) is 62.5 Å². The number of aliphatic hydroxyl groups excluding tert-OH is 1. The molecule has 0 amide bonds. The fourth-order valence-electron chi connectivity index (χ4n) is 1.97. The van der Waals surface area contributed by atoms with Crippen LogP contribution in [0.4, 0.5) is 0 Å². The van der Waals surface area contributed by atoms with E-state index in [-0.39, 0.29) is 17.5 Å². The van der Waals surface area contributed by atoms with Crippen molar-refractivity contribution in [1.29, 1.82) is 0 Å². The maximum atomic E-state index is 12.6. The van der Waals surface area contributed by atoms with Crippen LogP contribution in [0.25, 0.3) is 0 Å². The third kappa shape index (κ3) is 3.78. The lowest BCUT2D eigenvalue weighted by atomic mass is 10.3. The first-order chi connectivity index (χ1) is 9.38. The van der Waals surface area contributed by atoms with E-state index in [2.05, 4.69) is 0 Å². The summed E-state index contributed by atoms with van der Waals surface area (Å²) in [5, 5.41) is 9.26. The summed E-state index contributed by atoms with van der Waals surface area (Å²) in [5.74, 6) is 0.929. The minimum Gasteiger partial charge on any atom is -0.390 e. The number of hydrogen-bond donors (Lipinski definition) is 1. The molecule has 0 bridgehead atoms. The first-order valence-electron chi connectivity index (χ1n) is 6.65. The molecule has 0 aliphatic carbocycles. The van der Waals surface area contributed by atoms with E-state index < -0.39 is 10.0 Å². The van der Waals surface area contributed by atoms with Gasteiger partial charge in [0.05, 0.1) is 6.61 Å². The Balaban J connectivity index is 3.00. The Morgan fingerprint density at radius 2 is 2.15 bits per heavy atom. The molecule has 1 aromatic heterocycles. The smallest absolute Gasteiger partial charge is 0.244 e. The van der Waals surface area contributed by atoms with Gasteiger partial charge >= 0.3 is 0 Å². The highest BCUT2D eigenvalue weighted by molar-refractivity contribution is 7.98. The van der Waals surface area contributed by atoms with Gasteiger partial charge in [0.15, 0.2) is 0 Å². The molecule has 1 aromatic rings. The largest absolute Gasteiger partial charge is 0.390 e. The monoisotopic (exact) mass is 320 g/mol. The van der Waals surface area contributed by atoms with E-state index in [0.29, 0.717) is 12.2 Å². The van der Waals surface area contributed by atoms with E-state index in [1.54, 1.807) is 35.6 Å². The lowest BCUT2D eigenvalue weighted by Gasteiger charge is -2.23. The average Bonchev–Trinajstić information content (AvgIpc) is 2.87. The fraction of sp³-hybridized carbons (Fsp3) is 0.692. The summed E-state index contributed by atoms with van der Waals surface area (Å²) in [6.07, 6.45) is 4.42. The lowest BCUT2D eigenvalue weighted by molar-refractivity contribution is 0.271. The molecule has 1 rings (SSSR count). The van der Waals surface area contributed by atoms with Crippen molar-refractivity contribution >= 4 is 21.8 Å². The van der Waals surface area contributed by atoms with Gasteiger partial charge in [-0.25, -0.2) is 8.42 Å². The molecule has 0 saturated heterocycles. The van der Waals surface area contributed by atoms with Crippen LogP contribution in [0.3, 0.4) is 0 Å². The number of rotatable bonds is 8. The zero-order valence-electron chi connectivity index (χ0n) is 12.5. The zero-order valence-corrected chi connectivity index (χ0v) is 14.2. The maximum absolute atomic E-state index is 12.6. The van der Waals surface area contributed by atoms with E-state index >= 15 is 0 Å². The third-order valence-electron chi connectivity index (χ3n) is 3.50. The number of aliphatic hydroxyl groups is 1. The van der Waals surface area contributed by atoms with Crippen molar-refractivity contribution in [3.63, 3.8) is 0 Å². The number of thioether (sulfide) groups is 1. The summed E-state index contributed by atoms with van der Waals surface area (Å²) in [5.41, 5.74) is 0.622. The van der Waals surface area contributed by atoms with Crippen molar-refractivity contribution < 1.29 is 13.5 Å². The number of nitrogens with zero attached hydrogens (tertiary/aromatic N) is 2. The zero-order chi connectivity index (χ0) is 15.3. The van der Waals surface area contributed by atoms with Crippen LogP contribution in [0.5, 0.6) is 0 Å². The third-order valence-corrected chi connectivity index (χ3v) is 6.08. The SMILES string of the molecule is CCn1cc(S(=O)(=O)N(C)C(C)CCSC)cc1CO. The molecule has 0 spiro atoms. The first kappa shape index (κ1) is 17.6. The van der Waals surface area contributed by atoms with Crippen LogP contribution in [0.15, 0.2) is 17.2 Å². The Bertz CT molecular complexity index is 504. The summed E-state index contributed by atoms with van der Waals surface area (Å²) in [6.45, 7) is 4.31. The lowest BCUT2D eigenvalue weighted by Crippen LogP contribution is -2.35.